The second-order valence-corrected chi connectivity index (χ2v) is 6.18. The van der Waals surface area contributed by atoms with Crippen LogP contribution in [0.3, 0.4) is 0 Å². The Labute approximate surface area is 152 Å². The summed E-state index contributed by atoms with van der Waals surface area (Å²) in [6.07, 6.45) is 3.95. The van der Waals surface area contributed by atoms with Gasteiger partial charge in [0.15, 0.2) is 0 Å². The molecule has 1 saturated heterocycles. The Morgan fingerprint density at radius 3 is 3.04 bits per heavy atom. The summed E-state index contributed by atoms with van der Waals surface area (Å²) in [4.78, 5) is 25.5. The van der Waals surface area contributed by atoms with Crippen molar-refractivity contribution in [2.75, 3.05) is 26.7 Å². The van der Waals surface area contributed by atoms with Gasteiger partial charge in [-0.05, 0) is 19.1 Å². The zero-order valence-corrected chi connectivity index (χ0v) is 14.9. The maximum absolute atomic E-state index is 12.4. The van der Waals surface area contributed by atoms with Crippen molar-refractivity contribution in [2.24, 2.45) is 0 Å². The van der Waals surface area contributed by atoms with Crippen molar-refractivity contribution in [2.45, 2.75) is 19.4 Å². The molecule has 2 heterocycles. The van der Waals surface area contributed by atoms with Gasteiger partial charge in [-0.1, -0.05) is 6.07 Å². The van der Waals surface area contributed by atoms with Gasteiger partial charge in [-0.15, -0.1) is 0 Å². The molecular formula is C18H23N5O3. The Morgan fingerprint density at radius 1 is 1.38 bits per heavy atom. The molecule has 0 spiro atoms. The molecule has 1 aliphatic heterocycles. The summed E-state index contributed by atoms with van der Waals surface area (Å²) >= 11 is 0. The second kappa shape index (κ2) is 7.90. The van der Waals surface area contributed by atoms with E-state index < -0.39 is 0 Å². The van der Waals surface area contributed by atoms with Crippen LogP contribution in [0.5, 0.6) is 5.75 Å². The Kier molecular flexibility index (Phi) is 5.40. The molecule has 0 unspecified atom stereocenters. The molecule has 0 bridgehead atoms. The van der Waals surface area contributed by atoms with Gasteiger partial charge < -0.3 is 20.3 Å². The normalized spacial score (nSPS) is 15.8. The largest absolute Gasteiger partial charge is 0.497 e. The smallest absolute Gasteiger partial charge is 0.317 e. The van der Waals surface area contributed by atoms with Gasteiger partial charge in [0.25, 0.3) is 0 Å². The molecule has 1 atom stereocenters. The van der Waals surface area contributed by atoms with Crippen LogP contribution in [-0.4, -0.2) is 53.4 Å². The van der Waals surface area contributed by atoms with Crippen LogP contribution in [0.15, 0.2) is 36.7 Å². The third-order valence-corrected chi connectivity index (χ3v) is 4.36. The highest BCUT2D eigenvalue weighted by Gasteiger charge is 2.20. The van der Waals surface area contributed by atoms with Gasteiger partial charge in [0, 0.05) is 43.9 Å². The van der Waals surface area contributed by atoms with Gasteiger partial charge >= 0.3 is 6.03 Å². The number of carbonyl (C=O) groups excluding carboxylic acids is 2. The van der Waals surface area contributed by atoms with Gasteiger partial charge in [-0.2, -0.15) is 5.10 Å². The van der Waals surface area contributed by atoms with Crippen molar-refractivity contribution in [3.05, 3.63) is 42.2 Å². The quantitative estimate of drug-likeness (QED) is 0.867. The van der Waals surface area contributed by atoms with Crippen LogP contribution in [0, 0.1) is 0 Å². The number of hydrogen-bond donors (Lipinski definition) is 2. The lowest BCUT2D eigenvalue weighted by Crippen LogP contribution is -2.42. The molecule has 2 aromatic rings. The van der Waals surface area contributed by atoms with E-state index >= 15 is 0 Å². The zero-order valence-electron chi connectivity index (χ0n) is 14.9. The lowest BCUT2D eigenvalue weighted by molar-refractivity contribution is -0.120. The Hall–Kier alpha value is -3.03. The first-order valence-electron chi connectivity index (χ1n) is 8.58. The van der Waals surface area contributed by atoms with Crippen molar-refractivity contribution in [3.8, 4) is 11.4 Å². The fraction of sp³-hybridized carbons (Fsp3) is 0.389. The molecule has 0 saturated carbocycles. The van der Waals surface area contributed by atoms with Gasteiger partial charge in [-0.25, -0.2) is 9.48 Å². The number of hydrogen-bond acceptors (Lipinski definition) is 4. The molecule has 1 aliphatic rings. The number of methoxy groups -OCH3 is 1. The molecule has 26 heavy (non-hydrogen) atoms. The minimum atomic E-state index is -0.200. The molecule has 3 rings (SSSR count). The van der Waals surface area contributed by atoms with Crippen molar-refractivity contribution in [3.63, 3.8) is 0 Å². The summed E-state index contributed by atoms with van der Waals surface area (Å²) in [5.41, 5.74) is 1.77. The molecule has 0 aliphatic carbocycles. The lowest BCUT2D eigenvalue weighted by atomic mass is 10.2. The number of ether oxygens (including phenoxy) is 1. The minimum absolute atomic E-state index is 0.0204. The van der Waals surface area contributed by atoms with E-state index in [9.17, 15) is 9.59 Å². The summed E-state index contributed by atoms with van der Waals surface area (Å²) in [5, 5.41) is 10.1. The molecule has 1 aromatic heterocycles. The van der Waals surface area contributed by atoms with Crippen molar-refractivity contribution in [1.82, 2.24) is 25.3 Å². The van der Waals surface area contributed by atoms with E-state index in [1.54, 1.807) is 22.9 Å². The maximum Gasteiger partial charge on any atom is 0.317 e. The molecule has 8 heteroatoms. The zero-order chi connectivity index (χ0) is 18.5. The minimum Gasteiger partial charge on any atom is -0.497 e. The molecule has 0 radical (unpaired) electrons. The number of nitrogens with one attached hydrogen (secondary N) is 2. The average molecular weight is 357 g/mol. The number of aromatic nitrogens is 2. The standard InChI is InChI=1S/C18H23N5O3/c1-13(21-18(25)22-8-6-17(24)19-7-9-22)14-11-20-23(12-14)15-4-3-5-16(10-15)26-2/h3-5,10-13H,6-9H2,1-2H3,(H,19,24)(H,21,25)/t13-/m0/s1. The summed E-state index contributed by atoms with van der Waals surface area (Å²) in [5.74, 6) is 0.734. The van der Waals surface area contributed by atoms with Crippen molar-refractivity contribution >= 4 is 11.9 Å². The van der Waals surface area contributed by atoms with E-state index in [1.165, 1.54) is 0 Å². The summed E-state index contributed by atoms with van der Waals surface area (Å²) < 4.78 is 6.98. The van der Waals surface area contributed by atoms with Crippen LogP contribution in [0.2, 0.25) is 0 Å². The highest BCUT2D eigenvalue weighted by Crippen LogP contribution is 2.18. The van der Waals surface area contributed by atoms with Gasteiger partial charge in [0.05, 0.1) is 25.0 Å². The Bertz CT molecular complexity index is 789. The van der Waals surface area contributed by atoms with Crippen LogP contribution >= 0.6 is 0 Å². The predicted octanol–water partition coefficient (Wildman–Crippen LogP) is 1.47. The molecule has 8 nitrogen and oxygen atoms in total. The first-order chi connectivity index (χ1) is 12.6. The predicted molar refractivity (Wildman–Crippen MR) is 96.3 cm³/mol. The van der Waals surface area contributed by atoms with Crippen LogP contribution < -0.4 is 15.4 Å². The topological polar surface area (TPSA) is 88.5 Å². The van der Waals surface area contributed by atoms with E-state index in [-0.39, 0.29) is 18.0 Å². The number of rotatable bonds is 4. The summed E-state index contributed by atoms with van der Waals surface area (Å²) in [6, 6.07) is 7.22. The SMILES string of the molecule is COc1cccc(-n2cc([C@H](C)NC(=O)N3CCNC(=O)CC3)cn2)c1. The Balaban J connectivity index is 1.65. The molecule has 1 fully saturated rings. The van der Waals surface area contributed by atoms with E-state index in [1.807, 2.05) is 37.4 Å². The van der Waals surface area contributed by atoms with Gasteiger partial charge in [0.2, 0.25) is 5.91 Å². The lowest BCUT2D eigenvalue weighted by Gasteiger charge is -2.22. The maximum atomic E-state index is 12.4. The fourth-order valence-electron chi connectivity index (χ4n) is 2.78. The number of nitrogens with zero attached hydrogens (tertiary/aromatic N) is 3. The third kappa shape index (κ3) is 4.14. The number of carbonyl (C=O) groups is 2. The van der Waals surface area contributed by atoms with Crippen LogP contribution in [0.25, 0.3) is 5.69 Å². The summed E-state index contributed by atoms with van der Waals surface area (Å²) in [6.45, 7) is 3.32. The molecule has 3 amide bonds. The van der Waals surface area contributed by atoms with Gasteiger partial charge in [-0.3, -0.25) is 4.79 Å². The van der Waals surface area contributed by atoms with E-state index in [0.29, 0.717) is 26.1 Å². The van der Waals surface area contributed by atoms with Crippen LogP contribution in [-0.2, 0) is 4.79 Å². The monoisotopic (exact) mass is 357 g/mol. The highest BCUT2D eigenvalue weighted by atomic mass is 16.5. The van der Waals surface area contributed by atoms with Crippen LogP contribution in [0.1, 0.15) is 24.9 Å². The number of benzene rings is 1. The first kappa shape index (κ1) is 17.8. The fourth-order valence-corrected chi connectivity index (χ4v) is 2.78. The van der Waals surface area contributed by atoms with Gasteiger partial charge in [0.1, 0.15) is 5.75 Å². The number of amides is 3. The third-order valence-electron chi connectivity index (χ3n) is 4.36. The molecule has 2 N–H and O–H groups in total. The van der Waals surface area contributed by atoms with E-state index in [4.69, 9.17) is 4.74 Å². The van der Waals surface area contributed by atoms with Crippen LogP contribution in [0.4, 0.5) is 4.79 Å². The van der Waals surface area contributed by atoms with Crippen molar-refractivity contribution < 1.29 is 14.3 Å². The Morgan fingerprint density at radius 2 is 2.23 bits per heavy atom. The van der Waals surface area contributed by atoms with E-state index in [2.05, 4.69) is 15.7 Å². The molecular weight excluding hydrogens is 334 g/mol. The summed E-state index contributed by atoms with van der Waals surface area (Å²) in [7, 11) is 1.62. The van der Waals surface area contributed by atoms with Crippen molar-refractivity contribution in [1.29, 1.82) is 0 Å². The first-order valence-corrected chi connectivity index (χ1v) is 8.58. The molecule has 1 aromatic carbocycles. The highest BCUT2D eigenvalue weighted by molar-refractivity contribution is 5.79. The number of urea groups is 1. The van der Waals surface area contributed by atoms with E-state index in [0.717, 1.165) is 17.0 Å². The second-order valence-electron chi connectivity index (χ2n) is 6.18. The molecule has 138 valence electrons. The average Bonchev–Trinajstić information content (AvgIpc) is 3.05.